The molecule has 12 heteroatoms. The summed E-state index contributed by atoms with van der Waals surface area (Å²) in [5.74, 6) is -1.95. The van der Waals surface area contributed by atoms with Crippen LogP contribution in [0, 0.1) is 5.82 Å². The fraction of sp³-hybridized carbons (Fsp3) is 0.526. The van der Waals surface area contributed by atoms with Gasteiger partial charge in [-0.2, -0.15) is 21.6 Å². The van der Waals surface area contributed by atoms with Gasteiger partial charge < -0.3 is 18.6 Å². The number of rotatable bonds is 2. The Balaban J connectivity index is 1.90. The fourth-order valence-corrected chi connectivity index (χ4v) is 3.72. The van der Waals surface area contributed by atoms with Crippen molar-refractivity contribution < 1.29 is 44.4 Å². The van der Waals surface area contributed by atoms with E-state index >= 15 is 0 Å². The normalized spacial score (nSPS) is 18.7. The number of nitrogens with zero attached hydrogens (tertiary/aromatic N) is 1. The number of fused-ring (bicyclic) bond motifs is 1. The lowest BCUT2D eigenvalue weighted by Gasteiger charge is -2.42. The third kappa shape index (κ3) is 4.89. The molecule has 1 aromatic carbocycles. The first kappa shape index (κ1) is 23.2. The molecule has 3 rings (SSSR count). The molecule has 2 heterocycles. The lowest BCUT2D eigenvalue weighted by molar-refractivity contribution is -0.0512. The van der Waals surface area contributed by atoms with Gasteiger partial charge in [0.1, 0.15) is 22.8 Å². The molecule has 1 amide bonds. The van der Waals surface area contributed by atoms with Gasteiger partial charge in [0.15, 0.2) is 5.76 Å². The average molecular weight is 467 g/mol. The Bertz CT molecular complexity index is 1010. The summed E-state index contributed by atoms with van der Waals surface area (Å²) in [4.78, 5) is 13.7. The van der Waals surface area contributed by atoms with E-state index in [1.165, 1.54) is 17.0 Å². The lowest BCUT2D eigenvalue weighted by atomic mass is 9.87. The van der Waals surface area contributed by atoms with Crippen LogP contribution in [0.1, 0.15) is 39.2 Å². The van der Waals surface area contributed by atoms with Crippen molar-refractivity contribution in [3.8, 4) is 5.75 Å². The van der Waals surface area contributed by atoms with E-state index in [1.807, 2.05) is 0 Å². The number of carbonyl (C=O) groups excluding carboxylic acids is 1. The lowest BCUT2D eigenvalue weighted by Crippen LogP contribution is -2.50. The minimum absolute atomic E-state index is 0.0983. The second kappa shape index (κ2) is 7.57. The molecule has 0 saturated carbocycles. The molecule has 1 aromatic rings. The third-order valence-electron chi connectivity index (χ3n) is 4.67. The monoisotopic (exact) mass is 467 g/mol. The molecule has 1 fully saturated rings. The molecule has 7 nitrogen and oxygen atoms in total. The van der Waals surface area contributed by atoms with Gasteiger partial charge >= 0.3 is 21.7 Å². The number of likely N-dealkylation sites (tertiary alicyclic amines) is 1. The Kier molecular flexibility index (Phi) is 5.66. The molecule has 172 valence electrons. The van der Waals surface area contributed by atoms with Gasteiger partial charge in [0.2, 0.25) is 0 Å². The number of hydrogen-bond acceptors (Lipinski definition) is 6. The topological polar surface area (TPSA) is 82.1 Å². The summed E-state index contributed by atoms with van der Waals surface area (Å²) in [6, 6.07) is 3.53. The molecule has 2 aliphatic heterocycles. The van der Waals surface area contributed by atoms with Gasteiger partial charge in [-0.25, -0.2) is 9.18 Å². The number of amides is 1. The van der Waals surface area contributed by atoms with Crippen LogP contribution < -0.4 is 4.74 Å². The van der Waals surface area contributed by atoms with E-state index in [-0.39, 0.29) is 31.7 Å². The van der Waals surface area contributed by atoms with E-state index in [1.54, 1.807) is 20.8 Å². The average Bonchev–Trinajstić information content (AvgIpc) is 2.59. The molecule has 0 atom stereocenters. The van der Waals surface area contributed by atoms with Crippen molar-refractivity contribution in [2.45, 2.75) is 50.3 Å². The van der Waals surface area contributed by atoms with Crippen LogP contribution in [-0.2, 0) is 19.0 Å². The Hall–Kier alpha value is -2.50. The fourth-order valence-electron chi connectivity index (χ4n) is 3.26. The number of piperidine rings is 1. The van der Waals surface area contributed by atoms with E-state index in [4.69, 9.17) is 9.47 Å². The van der Waals surface area contributed by atoms with Gasteiger partial charge in [0, 0.05) is 32.0 Å². The minimum atomic E-state index is -6.03. The highest BCUT2D eigenvalue weighted by atomic mass is 32.2. The van der Waals surface area contributed by atoms with Crippen molar-refractivity contribution in [3.63, 3.8) is 0 Å². The van der Waals surface area contributed by atoms with Gasteiger partial charge in [-0.1, -0.05) is 6.07 Å². The van der Waals surface area contributed by atoms with Crippen LogP contribution in [0.5, 0.6) is 5.75 Å². The van der Waals surface area contributed by atoms with Gasteiger partial charge in [-0.3, -0.25) is 0 Å². The zero-order chi connectivity index (χ0) is 23.2. The maximum Gasteiger partial charge on any atom is 0.534 e. The maximum atomic E-state index is 14.3. The summed E-state index contributed by atoms with van der Waals surface area (Å²) in [5.41, 5.74) is -8.20. The van der Waals surface area contributed by atoms with Crippen molar-refractivity contribution in [2.24, 2.45) is 0 Å². The highest BCUT2D eigenvalue weighted by molar-refractivity contribution is 7.87. The molecule has 1 spiro atoms. The molecule has 31 heavy (non-hydrogen) atoms. The maximum absolute atomic E-state index is 14.3. The largest absolute Gasteiger partial charge is 0.534 e. The number of halogens is 4. The molecule has 0 bridgehead atoms. The zero-order valence-corrected chi connectivity index (χ0v) is 17.8. The molecule has 0 aliphatic carbocycles. The number of hydrogen-bond donors (Lipinski definition) is 0. The van der Waals surface area contributed by atoms with Crippen molar-refractivity contribution in [1.29, 1.82) is 0 Å². The molecule has 0 N–H and O–H groups in total. The quantitative estimate of drug-likeness (QED) is 0.369. The van der Waals surface area contributed by atoms with Crippen LogP contribution in [0.3, 0.4) is 0 Å². The molecule has 1 saturated heterocycles. The summed E-state index contributed by atoms with van der Waals surface area (Å²) >= 11 is 0. The first-order valence-corrected chi connectivity index (χ1v) is 10.7. The predicted molar refractivity (Wildman–Crippen MR) is 101 cm³/mol. The third-order valence-corrected chi connectivity index (χ3v) is 5.64. The summed E-state index contributed by atoms with van der Waals surface area (Å²) in [5, 5.41) is 0. The minimum Gasteiger partial charge on any atom is -0.482 e. The van der Waals surface area contributed by atoms with Gasteiger partial charge in [0.25, 0.3) is 0 Å². The molecule has 0 unspecified atom stereocenters. The van der Waals surface area contributed by atoms with Crippen LogP contribution in [-0.4, -0.2) is 49.2 Å². The Morgan fingerprint density at radius 2 is 1.77 bits per heavy atom. The van der Waals surface area contributed by atoms with Gasteiger partial charge in [-0.05, 0) is 32.9 Å². The Morgan fingerprint density at radius 1 is 1.16 bits per heavy atom. The molecule has 0 radical (unpaired) electrons. The summed E-state index contributed by atoms with van der Waals surface area (Å²) in [7, 11) is -6.03. The number of alkyl halides is 3. The van der Waals surface area contributed by atoms with E-state index in [9.17, 15) is 30.8 Å². The van der Waals surface area contributed by atoms with Gasteiger partial charge in [-0.15, -0.1) is 0 Å². The van der Waals surface area contributed by atoms with E-state index < -0.39 is 50.1 Å². The van der Waals surface area contributed by atoms with Crippen molar-refractivity contribution in [2.75, 3.05) is 13.1 Å². The second-order valence-corrected chi connectivity index (χ2v) is 9.78. The number of benzene rings is 1. The second-order valence-electron chi connectivity index (χ2n) is 8.24. The van der Waals surface area contributed by atoms with E-state index in [2.05, 4.69) is 4.18 Å². The van der Waals surface area contributed by atoms with E-state index in [0.29, 0.717) is 0 Å². The SMILES string of the molecule is CC(C)(C)OC(=O)N1CCC2(C=C(OS(=O)(=O)C(F)(F)F)c3c(F)cccc3O2)CC1. The summed E-state index contributed by atoms with van der Waals surface area (Å²) in [6.07, 6.45) is 0.667. The first-order valence-electron chi connectivity index (χ1n) is 9.32. The molecule has 0 aromatic heterocycles. The van der Waals surface area contributed by atoms with Crippen LogP contribution in [0.2, 0.25) is 0 Å². The van der Waals surface area contributed by atoms with Crippen LogP contribution in [0.15, 0.2) is 24.3 Å². The van der Waals surface area contributed by atoms with Crippen molar-refractivity contribution in [1.82, 2.24) is 4.90 Å². The Labute approximate surface area is 176 Å². The summed E-state index contributed by atoms with van der Waals surface area (Å²) in [6.45, 7) is 5.36. The number of ether oxygens (including phenoxy) is 2. The standard InChI is InChI=1S/C19H21F4NO6S/c1-17(2,3)29-16(25)24-9-7-18(8-10-24)11-14(30-31(26,27)19(21,22)23)15-12(20)5-4-6-13(15)28-18/h4-6,11H,7-10H2,1-3H3. The Morgan fingerprint density at radius 3 is 2.32 bits per heavy atom. The van der Waals surface area contributed by atoms with Crippen molar-refractivity contribution >= 4 is 22.0 Å². The molecular formula is C19H21F4NO6S. The first-order chi connectivity index (χ1) is 14.1. The number of carbonyl (C=O) groups is 1. The summed E-state index contributed by atoms with van der Waals surface area (Å²) < 4.78 is 91.5. The van der Waals surface area contributed by atoms with Crippen molar-refractivity contribution in [3.05, 3.63) is 35.7 Å². The van der Waals surface area contributed by atoms with Crippen LogP contribution >= 0.6 is 0 Å². The van der Waals surface area contributed by atoms with Crippen LogP contribution in [0.4, 0.5) is 22.4 Å². The van der Waals surface area contributed by atoms with Gasteiger partial charge in [0.05, 0.1) is 5.56 Å². The molecule has 2 aliphatic rings. The highest BCUT2D eigenvalue weighted by Crippen LogP contribution is 2.44. The smallest absolute Gasteiger partial charge is 0.482 e. The molecular weight excluding hydrogens is 446 g/mol. The van der Waals surface area contributed by atoms with Crippen LogP contribution in [0.25, 0.3) is 5.76 Å². The predicted octanol–water partition coefficient (Wildman–Crippen LogP) is 4.19. The van der Waals surface area contributed by atoms with E-state index in [0.717, 1.165) is 12.1 Å². The highest BCUT2D eigenvalue weighted by Gasteiger charge is 2.51. The zero-order valence-electron chi connectivity index (χ0n) is 17.0.